The van der Waals surface area contributed by atoms with Crippen molar-refractivity contribution >= 4 is 5.69 Å². The Morgan fingerprint density at radius 2 is 2.44 bits per heavy atom. The summed E-state index contributed by atoms with van der Waals surface area (Å²) in [5, 5.41) is 8.86. The first-order valence-electron chi connectivity index (χ1n) is 5.43. The highest BCUT2D eigenvalue weighted by molar-refractivity contribution is 5.53. The van der Waals surface area contributed by atoms with E-state index in [1.165, 1.54) is 0 Å². The Balaban J connectivity index is 2.19. The quantitative estimate of drug-likeness (QED) is 0.778. The van der Waals surface area contributed by atoms with Gasteiger partial charge in [0.15, 0.2) is 0 Å². The van der Waals surface area contributed by atoms with Crippen molar-refractivity contribution in [3.8, 4) is 6.07 Å². The van der Waals surface area contributed by atoms with E-state index in [4.69, 9.17) is 16.0 Å². The lowest BCUT2D eigenvalue weighted by Crippen LogP contribution is -2.34. The Morgan fingerprint density at radius 3 is 3.19 bits per heavy atom. The van der Waals surface area contributed by atoms with Crippen LogP contribution in [-0.4, -0.2) is 19.2 Å². The Labute approximate surface area is 95.2 Å². The highest BCUT2D eigenvalue weighted by Gasteiger charge is 2.24. The molecule has 0 aliphatic carbocycles. The first-order valence-corrected chi connectivity index (χ1v) is 5.43. The predicted molar refractivity (Wildman–Crippen MR) is 61.7 cm³/mol. The van der Waals surface area contributed by atoms with Gasteiger partial charge < -0.3 is 9.74 Å². The molecule has 1 aromatic rings. The van der Waals surface area contributed by atoms with Crippen molar-refractivity contribution in [3.63, 3.8) is 0 Å². The lowest BCUT2D eigenvalue weighted by molar-refractivity contribution is 0.124. The number of nitriles is 1. The van der Waals surface area contributed by atoms with Crippen LogP contribution in [0.1, 0.15) is 18.4 Å². The van der Waals surface area contributed by atoms with Gasteiger partial charge in [0, 0.05) is 12.2 Å². The van der Waals surface area contributed by atoms with Gasteiger partial charge in [-0.25, -0.2) is 5.90 Å². The van der Waals surface area contributed by atoms with Crippen molar-refractivity contribution in [3.05, 3.63) is 29.8 Å². The third kappa shape index (κ3) is 2.16. The minimum Gasteiger partial charge on any atom is -0.366 e. The molecule has 1 heterocycles. The second-order valence-corrected chi connectivity index (χ2v) is 3.98. The summed E-state index contributed by atoms with van der Waals surface area (Å²) in [7, 11) is 0. The average molecular weight is 217 g/mol. The SMILES string of the molecule is N#Cc1cccc(N2CCCC2CON)c1. The molecule has 1 aliphatic heterocycles. The molecular weight excluding hydrogens is 202 g/mol. The molecule has 1 atom stereocenters. The first kappa shape index (κ1) is 10.9. The van der Waals surface area contributed by atoms with E-state index >= 15 is 0 Å². The molecular formula is C12H15N3O. The smallest absolute Gasteiger partial charge is 0.0992 e. The average Bonchev–Trinajstić information content (AvgIpc) is 2.78. The molecule has 0 saturated carbocycles. The molecule has 0 amide bonds. The number of anilines is 1. The van der Waals surface area contributed by atoms with Gasteiger partial charge in [-0.1, -0.05) is 6.07 Å². The molecule has 1 aliphatic rings. The summed E-state index contributed by atoms with van der Waals surface area (Å²) in [5.74, 6) is 5.13. The van der Waals surface area contributed by atoms with Crippen LogP contribution in [0.25, 0.3) is 0 Å². The molecule has 2 rings (SSSR count). The molecule has 4 nitrogen and oxygen atoms in total. The van der Waals surface area contributed by atoms with E-state index in [1.54, 1.807) is 0 Å². The normalized spacial score (nSPS) is 19.8. The van der Waals surface area contributed by atoms with E-state index in [0.29, 0.717) is 18.2 Å². The van der Waals surface area contributed by atoms with Crippen molar-refractivity contribution in [2.75, 3.05) is 18.1 Å². The van der Waals surface area contributed by atoms with Crippen LogP contribution >= 0.6 is 0 Å². The Hall–Kier alpha value is -1.57. The van der Waals surface area contributed by atoms with Gasteiger partial charge in [0.2, 0.25) is 0 Å². The second-order valence-electron chi connectivity index (χ2n) is 3.98. The highest BCUT2D eigenvalue weighted by Crippen LogP contribution is 2.26. The number of hydrogen-bond acceptors (Lipinski definition) is 4. The molecule has 84 valence electrons. The standard InChI is InChI=1S/C12H15N3O/c13-8-10-3-1-4-11(7-10)15-6-2-5-12(15)9-16-14/h1,3-4,7,12H,2,5-6,9,14H2. The van der Waals surface area contributed by atoms with Gasteiger partial charge >= 0.3 is 0 Å². The zero-order chi connectivity index (χ0) is 11.4. The summed E-state index contributed by atoms with van der Waals surface area (Å²) in [5.41, 5.74) is 1.77. The van der Waals surface area contributed by atoms with Crippen LogP contribution in [0.2, 0.25) is 0 Å². The molecule has 1 fully saturated rings. The van der Waals surface area contributed by atoms with Crippen LogP contribution in [0.15, 0.2) is 24.3 Å². The van der Waals surface area contributed by atoms with Crippen LogP contribution in [0.5, 0.6) is 0 Å². The van der Waals surface area contributed by atoms with Crippen molar-refractivity contribution in [2.24, 2.45) is 5.90 Å². The summed E-state index contributed by atoms with van der Waals surface area (Å²) in [6.45, 7) is 1.54. The lowest BCUT2D eigenvalue weighted by Gasteiger charge is -2.26. The molecule has 2 N–H and O–H groups in total. The fraction of sp³-hybridized carbons (Fsp3) is 0.417. The van der Waals surface area contributed by atoms with Crippen molar-refractivity contribution < 1.29 is 4.84 Å². The number of rotatable bonds is 3. The monoisotopic (exact) mass is 217 g/mol. The number of nitrogens with zero attached hydrogens (tertiary/aromatic N) is 2. The minimum atomic E-state index is 0.332. The summed E-state index contributed by atoms with van der Waals surface area (Å²) in [6, 6.07) is 10.1. The van der Waals surface area contributed by atoms with E-state index in [9.17, 15) is 0 Å². The van der Waals surface area contributed by atoms with Crippen LogP contribution in [-0.2, 0) is 4.84 Å². The Bertz CT molecular complexity index is 399. The van der Waals surface area contributed by atoms with Crippen molar-refractivity contribution in [2.45, 2.75) is 18.9 Å². The van der Waals surface area contributed by atoms with Crippen LogP contribution in [0.4, 0.5) is 5.69 Å². The van der Waals surface area contributed by atoms with E-state index in [0.717, 1.165) is 25.1 Å². The van der Waals surface area contributed by atoms with Gasteiger partial charge in [-0.05, 0) is 31.0 Å². The third-order valence-electron chi connectivity index (χ3n) is 2.97. The maximum atomic E-state index is 8.86. The van der Waals surface area contributed by atoms with Crippen LogP contribution < -0.4 is 10.8 Å². The second kappa shape index (κ2) is 4.97. The van der Waals surface area contributed by atoms with Gasteiger partial charge in [0.1, 0.15) is 0 Å². The lowest BCUT2D eigenvalue weighted by atomic mass is 10.2. The molecule has 0 radical (unpaired) electrons. The third-order valence-corrected chi connectivity index (χ3v) is 2.97. The van der Waals surface area contributed by atoms with E-state index < -0.39 is 0 Å². The van der Waals surface area contributed by atoms with Gasteiger partial charge in [-0.2, -0.15) is 5.26 Å². The molecule has 0 bridgehead atoms. The van der Waals surface area contributed by atoms with Crippen molar-refractivity contribution in [1.82, 2.24) is 0 Å². The Kier molecular flexibility index (Phi) is 3.40. The van der Waals surface area contributed by atoms with Gasteiger partial charge in [0.25, 0.3) is 0 Å². The van der Waals surface area contributed by atoms with Gasteiger partial charge in [-0.15, -0.1) is 0 Å². The fourth-order valence-corrected chi connectivity index (χ4v) is 2.21. The molecule has 4 heteroatoms. The molecule has 16 heavy (non-hydrogen) atoms. The predicted octanol–water partition coefficient (Wildman–Crippen LogP) is 1.42. The summed E-state index contributed by atoms with van der Waals surface area (Å²) in [6.07, 6.45) is 2.23. The summed E-state index contributed by atoms with van der Waals surface area (Å²) < 4.78 is 0. The van der Waals surface area contributed by atoms with Crippen LogP contribution in [0, 0.1) is 11.3 Å². The zero-order valence-corrected chi connectivity index (χ0v) is 9.10. The van der Waals surface area contributed by atoms with Crippen molar-refractivity contribution in [1.29, 1.82) is 5.26 Å². The molecule has 1 saturated heterocycles. The summed E-state index contributed by atoms with van der Waals surface area (Å²) in [4.78, 5) is 6.99. The molecule has 1 unspecified atom stereocenters. The van der Waals surface area contributed by atoms with Gasteiger partial charge in [0.05, 0.1) is 24.3 Å². The van der Waals surface area contributed by atoms with Gasteiger partial charge in [-0.3, -0.25) is 0 Å². The highest BCUT2D eigenvalue weighted by atomic mass is 16.6. The number of benzene rings is 1. The molecule has 0 aromatic heterocycles. The van der Waals surface area contributed by atoms with Crippen LogP contribution in [0.3, 0.4) is 0 Å². The minimum absolute atomic E-state index is 0.332. The molecule has 1 aromatic carbocycles. The fourth-order valence-electron chi connectivity index (χ4n) is 2.21. The van der Waals surface area contributed by atoms with E-state index in [2.05, 4.69) is 11.0 Å². The maximum Gasteiger partial charge on any atom is 0.0992 e. The largest absolute Gasteiger partial charge is 0.366 e. The zero-order valence-electron chi connectivity index (χ0n) is 9.10. The van der Waals surface area contributed by atoms with E-state index in [-0.39, 0.29) is 0 Å². The first-order chi connectivity index (χ1) is 7.85. The number of hydrogen-bond donors (Lipinski definition) is 1. The Morgan fingerprint density at radius 1 is 1.56 bits per heavy atom. The molecule has 0 spiro atoms. The topological polar surface area (TPSA) is 62.3 Å². The summed E-state index contributed by atoms with van der Waals surface area (Å²) >= 11 is 0. The number of nitrogens with two attached hydrogens (primary N) is 1. The van der Waals surface area contributed by atoms with E-state index in [1.807, 2.05) is 24.3 Å². The maximum absolute atomic E-state index is 8.86.